The van der Waals surface area contributed by atoms with E-state index >= 15 is 0 Å². The van der Waals surface area contributed by atoms with Crippen molar-refractivity contribution >= 4 is 32.3 Å². The molecule has 1 aromatic carbocycles. The van der Waals surface area contributed by atoms with Crippen LogP contribution in [0.4, 0.5) is 9.93 Å². The number of aromatic nitrogens is 1. The highest BCUT2D eigenvalue weighted by Crippen LogP contribution is 2.36. The monoisotopic (exact) mass is 395 g/mol. The van der Waals surface area contributed by atoms with Gasteiger partial charge in [0.25, 0.3) is 0 Å². The topological polar surface area (TPSA) is 97.8 Å². The maximum atomic E-state index is 12.3. The number of urea groups is 1. The molecule has 2 aliphatic heterocycles. The van der Waals surface area contributed by atoms with Crippen molar-refractivity contribution in [2.45, 2.75) is 12.1 Å². The van der Waals surface area contributed by atoms with Crippen LogP contribution in [-0.4, -0.2) is 57.2 Å². The summed E-state index contributed by atoms with van der Waals surface area (Å²) in [5.41, 5.74) is 1.50. The van der Waals surface area contributed by atoms with Gasteiger partial charge in [0.1, 0.15) is 0 Å². The van der Waals surface area contributed by atoms with E-state index in [-0.39, 0.29) is 23.6 Å². The third kappa shape index (κ3) is 2.78. The largest absolute Gasteiger partial charge is 0.493 e. The summed E-state index contributed by atoms with van der Waals surface area (Å²) >= 11 is 1.30. The number of methoxy groups -OCH3 is 2. The van der Waals surface area contributed by atoms with Crippen LogP contribution >= 0.6 is 11.3 Å². The lowest BCUT2D eigenvalue weighted by molar-refractivity contribution is 0.251. The third-order valence-electron chi connectivity index (χ3n) is 4.56. The SMILES string of the molecule is COc1ccc(-c2csc(N3C(=O)N[C@@H]4CS(=O)(=O)C[C@H]43)n2)cc1OC. The van der Waals surface area contributed by atoms with Crippen molar-refractivity contribution in [3.05, 3.63) is 23.6 Å². The van der Waals surface area contributed by atoms with Crippen LogP contribution < -0.4 is 19.7 Å². The van der Waals surface area contributed by atoms with Crippen molar-refractivity contribution < 1.29 is 22.7 Å². The van der Waals surface area contributed by atoms with Crippen molar-refractivity contribution in [2.75, 3.05) is 30.6 Å². The molecule has 2 fully saturated rings. The Morgan fingerprint density at radius 2 is 2.00 bits per heavy atom. The maximum Gasteiger partial charge on any atom is 0.324 e. The fraction of sp³-hybridized carbons (Fsp3) is 0.375. The van der Waals surface area contributed by atoms with Crippen LogP contribution in [0.3, 0.4) is 0 Å². The zero-order valence-electron chi connectivity index (χ0n) is 14.1. The van der Waals surface area contributed by atoms with Gasteiger partial charge in [-0.25, -0.2) is 18.2 Å². The predicted octanol–water partition coefficient (Wildman–Crippen LogP) is 1.52. The van der Waals surface area contributed by atoms with Gasteiger partial charge in [0.2, 0.25) is 0 Å². The molecule has 0 spiro atoms. The second kappa shape index (κ2) is 6.13. The number of thiazole rings is 1. The molecule has 10 heteroatoms. The van der Waals surface area contributed by atoms with Crippen molar-refractivity contribution in [1.82, 2.24) is 10.3 Å². The highest BCUT2D eigenvalue weighted by Gasteiger charge is 2.50. The number of anilines is 1. The molecule has 1 aromatic heterocycles. The van der Waals surface area contributed by atoms with Gasteiger partial charge in [-0.15, -0.1) is 11.3 Å². The number of rotatable bonds is 4. The molecule has 138 valence electrons. The van der Waals surface area contributed by atoms with Gasteiger partial charge in [-0.1, -0.05) is 0 Å². The van der Waals surface area contributed by atoms with Crippen LogP contribution in [-0.2, 0) is 9.84 Å². The zero-order valence-corrected chi connectivity index (χ0v) is 15.8. The Kier molecular flexibility index (Phi) is 4.03. The van der Waals surface area contributed by atoms with Gasteiger partial charge < -0.3 is 14.8 Å². The lowest BCUT2D eigenvalue weighted by Crippen LogP contribution is -2.36. The second-order valence-electron chi connectivity index (χ2n) is 6.16. The third-order valence-corrected chi connectivity index (χ3v) is 7.12. The van der Waals surface area contributed by atoms with E-state index in [0.717, 1.165) is 5.56 Å². The van der Waals surface area contributed by atoms with Crippen molar-refractivity contribution in [1.29, 1.82) is 0 Å². The number of nitrogens with one attached hydrogen (secondary N) is 1. The fourth-order valence-electron chi connectivity index (χ4n) is 3.33. The van der Waals surface area contributed by atoms with Crippen LogP contribution in [0.1, 0.15) is 0 Å². The molecule has 2 saturated heterocycles. The minimum Gasteiger partial charge on any atom is -0.493 e. The van der Waals surface area contributed by atoms with Crippen LogP contribution in [0.25, 0.3) is 11.3 Å². The molecule has 1 N–H and O–H groups in total. The van der Waals surface area contributed by atoms with E-state index < -0.39 is 15.9 Å². The summed E-state index contributed by atoms with van der Waals surface area (Å²) in [7, 11) is -0.0170. The first-order chi connectivity index (χ1) is 12.4. The van der Waals surface area contributed by atoms with Gasteiger partial charge in [-0.2, -0.15) is 0 Å². The Labute approximate surface area is 154 Å². The molecule has 2 aromatic rings. The van der Waals surface area contributed by atoms with Crippen LogP contribution in [0, 0.1) is 0 Å². The van der Waals surface area contributed by atoms with Crippen LogP contribution in [0.5, 0.6) is 11.5 Å². The molecular weight excluding hydrogens is 378 g/mol. The number of fused-ring (bicyclic) bond motifs is 1. The standard InChI is InChI=1S/C16H17N3O5S2/c1-23-13-4-3-9(5-14(13)24-2)10-6-25-16(18-10)19-12-8-26(21,22)7-11(12)17-15(19)20/h3-6,11-12H,7-8H2,1-2H3,(H,17,20)/t11-,12-/m1/s1. The summed E-state index contributed by atoms with van der Waals surface area (Å²) < 4.78 is 34.3. The molecule has 3 heterocycles. The Balaban J connectivity index is 1.65. The summed E-state index contributed by atoms with van der Waals surface area (Å²) in [6.45, 7) is 0. The van der Waals surface area contributed by atoms with Gasteiger partial charge >= 0.3 is 6.03 Å². The number of carbonyl (C=O) groups is 1. The smallest absolute Gasteiger partial charge is 0.324 e. The minimum absolute atomic E-state index is 0.0200. The van der Waals surface area contributed by atoms with E-state index in [1.54, 1.807) is 20.3 Å². The number of nitrogens with zero attached hydrogens (tertiary/aromatic N) is 2. The maximum absolute atomic E-state index is 12.3. The number of sulfone groups is 1. The summed E-state index contributed by atoms with van der Waals surface area (Å²) in [5, 5.41) is 5.06. The second-order valence-corrected chi connectivity index (χ2v) is 9.15. The number of amides is 2. The average molecular weight is 395 g/mol. The lowest BCUT2D eigenvalue weighted by Gasteiger charge is -2.17. The van der Waals surface area contributed by atoms with Gasteiger partial charge in [-0.3, -0.25) is 4.90 Å². The molecule has 0 saturated carbocycles. The quantitative estimate of drug-likeness (QED) is 0.789. The highest BCUT2D eigenvalue weighted by molar-refractivity contribution is 7.91. The van der Waals surface area contributed by atoms with E-state index in [0.29, 0.717) is 22.3 Å². The molecule has 4 rings (SSSR count). The molecule has 0 bridgehead atoms. The minimum atomic E-state index is -3.14. The molecule has 2 atom stereocenters. The molecule has 0 aliphatic carbocycles. The van der Waals surface area contributed by atoms with Crippen molar-refractivity contribution in [3.8, 4) is 22.8 Å². The number of carbonyl (C=O) groups excluding carboxylic acids is 1. The molecule has 26 heavy (non-hydrogen) atoms. The van der Waals surface area contributed by atoms with E-state index in [1.807, 2.05) is 17.5 Å². The first-order valence-corrected chi connectivity index (χ1v) is 10.6. The lowest BCUT2D eigenvalue weighted by atomic mass is 10.1. The molecule has 8 nitrogen and oxygen atoms in total. The predicted molar refractivity (Wildman–Crippen MR) is 97.9 cm³/mol. The van der Waals surface area contributed by atoms with E-state index in [9.17, 15) is 13.2 Å². The van der Waals surface area contributed by atoms with Crippen LogP contribution in [0.2, 0.25) is 0 Å². The highest BCUT2D eigenvalue weighted by atomic mass is 32.2. The summed E-state index contributed by atoms with van der Waals surface area (Å²) in [6.07, 6.45) is 0. The first kappa shape index (κ1) is 17.1. The number of ether oxygens (including phenoxy) is 2. The fourth-order valence-corrected chi connectivity index (χ4v) is 6.11. The summed E-state index contributed by atoms with van der Waals surface area (Å²) in [6, 6.07) is 4.37. The van der Waals surface area contributed by atoms with Gasteiger partial charge in [0, 0.05) is 10.9 Å². The first-order valence-electron chi connectivity index (χ1n) is 7.90. The number of hydrogen-bond donors (Lipinski definition) is 1. The van der Waals surface area contributed by atoms with Gasteiger partial charge in [0.05, 0.1) is 43.5 Å². The average Bonchev–Trinajstić information content (AvgIpc) is 3.26. The van der Waals surface area contributed by atoms with Crippen molar-refractivity contribution in [3.63, 3.8) is 0 Å². The van der Waals surface area contributed by atoms with Crippen molar-refractivity contribution in [2.24, 2.45) is 0 Å². The molecule has 2 amide bonds. The van der Waals surface area contributed by atoms with E-state index in [4.69, 9.17) is 9.47 Å². The Morgan fingerprint density at radius 3 is 2.73 bits per heavy atom. The zero-order chi connectivity index (χ0) is 18.5. The molecular formula is C16H17N3O5S2. The Hall–Kier alpha value is -2.33. The normalized spacial score (nSPS) is 23.6. The Bertz CT molecular complexity index is 972. The summed E-state index contributed by atoms with van der Waals surface area (Å²) in [5.74, 6) is 1.14. The van der Waals surface area contributed by atoms with E-state index in [2.05, 4.69) is 10.3 Å². The molecule has 0 unspecified atom stereocenters. The van der Waals surface area contributed by atoms with E-state index in [1.165, 1.54) is 16.2 Å². The molecule has 2 aliphatic rings. The summed E-state index contributed by atoms with van der Waals surface area (Å²) in [4.78, 5) is 18.3. The number of benzene rings is 1. The Morgan fingerprint density at radius 1 is 1.23 bits per heavy atom. The molecule has 0 radical (unpaired) electrons. The van der Waals surface area contributed by atoms with Gasteiger partial charge in [0.15, 0.2) is 26.5 Å². The number of hydrogen-bond acceptors (Lipinski definition) is 7. The van der Waals surface area contributed by atoms with Gasteiger partial charge in [-0.05, 0) is 18.2 Å². The van der Waals surface area contributed by atoms with Crippen LogP contribution in [0.15, 0.2) is 23.6 Å².